The van der Waals surface area contributed by atoms with E-state index in [4.69, 9.17) is 9.72 Å². The van der Waals surface area contributed by atoms with Gasteiger partial charge in [-0.1, -0.05) is 11.3 Å². The molecule has 33 heavy (non-hydrogen) atoms. The summed E-state index contributed by atoms with van der Waals surface area (Å²) in [6.45, 7) is 5.61. The molecule has 3 heterocycles. The van der Waals surface area contributed by atoms with Gasteiger partial charge < -0.3 is 20.7 Å². The fourth-order valence-corrected chi connectivity index (χ4v) is 4.77. The summed E-state index contributed by atoms with van der Waals surface area (Å²) in [7, 11) is 1.56. The van der Waals surface area contributed by atoms with Gasteiger partial charge >= 0.3 is 6.03 Å². The van der Waals surface area contributed by atoms with Crippen molar-refractivity contribution in [1.29, 1.82) is 0 Å². The molecule has 0 aliphatic carbocycles. The number of piperidine rings is 1. The Balaban J connectivity index is 1.60. The molecule has 0 radical (unpaired) electrons. The van der Waals surface area contributed by atoms with Crippen LogP contribution in [0.25, 0.3) is 10.2 Å². The molecule has 1 saturated heterocycles. The smallest absolute Gasteiger partial charge is 0.324 e. The highest BCUT2D eigenvalue weighted by atomic mass is 32.1. The number of pyridine rings is 1. The van der Waals surface area contributed by atoms with Crippen molar-refractivity contribution in [3.8, 4) is 11.5 Å². The van der Waals surface area contributed by atoms with E-state index in [2.05, 4.69) is 20.9 Å². The molecule has 2 aromatic heterocycles. The molecule has 10 heteroatoms. The Bertz CT molecular complexity index is 1140. The van der Waals surface area contributed by atoms with Crippen molar-refractivity contribution in [2.45, 2.75) is 38.8 Å². The number of nitrogens with zero attached hydrogens (tertiary/aromatic N) is 3. The second kappa shape index (κ2) is 10.1. The van der Waals surface area contributed by atoms with Crippen LogP contribution >= 0.6 is 11.3 Å². The van der Waals surface area contributed by atoms with Crippen LogP contribution in [0.15, 0.2) is 36.5 Å². The summed E-state index contributed by atoms with van der Waals surface area (Å²) in [4.78, 5) is 35.5. The number of hydrogen-bond donors (Lipinski definition) is 3. The second-order valence-electron chi connectivity index (χ2n) is 8.16. The summed E-state index contributed by atoms with van der Waals surface area (Å²) in [5.41, 5.74) is 1.08. The van der Waals surface area contributed by atoms with E-state index >= 15 is 0 Å². The lowest BCUT2D eigenvalue weighted by molar-refractivity contribution is 0.0958. The Hall–Kier alpha value is -3.24. The highest BCUT2D eigenvalue weighted by Crippen LogP contribution is 2.34. The van der Waals surface area contributed by atoms with Gasteiger partial charge in [-0.3, -0.25) is 14.7 Å². The lowest BCUT2D eigenvalue weighted by Crippen LogP contribution is -2.53. The van der Waals surface area contributed by atoms with Gasteiger partial charge in [-0.2, -0.15) is 0 Å². The van der Waals surface area contributed by atoms with Gasteiger partial charge in [-0.15, -0.1) is 0 Å². The fraction of sp³-hybridized carbons (Fsp3) is 0.391. The van der Waals surface area contributed by atoms with Gasteiger partial charge in [0, 0.05) is 38.0 Å². The summed E-state index contributed by atoms with van der Waals surface area (Å²) in [6, 6.07) is 8.84. The van der Waals surface area contributed by atoms with E-state index < -0.39 is 0 Å². The molecule has 3 amide bonds. The molecule has 1 atom stereocenters. The van der Waals surface area contributed by atoms with Gasteiger partial charge in [0.25, 0.3) is 5.91 Å². The van der Waals surface area contributed by atoms with E-state index in [1.54, 1.807) is 24.1 Å². The van der Waals surface area contributed by atoms with Crippen molar-refractivity contribution in [2.75, 3.05) is 25.0 Å². The minimum absolute atomic E-state index is 0.0333. The zero-order chi connectivity index (χ0) is 23.4. The molecule has 3 aromatic rings. The number of carbonyl (C=O) groups is 2. The number of nitrogens with one attached hydrogen (secondary N) is 3. The number of aromatic nitrogens is 2. The number of amides is 3. The molecule has 0 bridgehead atoms. The quantitative estimate of drug-likeness (QED) is 0.511. The SMILES string of the molecule is CNC(=O)c1cc(Oc2ccc3nc(N(C(=O)NC(C)C)[C@H]4CCCNC4)sc3c2)ccn1. The maximum atomic E-state index is 13.0. The minimum Gasteiger partial charge on any atom is -0.457 e. The molecule has 3 N–H and O–H groups in total. The summed E-state index contributed by atoms with van der Waals surface area (Å²) in [6.07, 6.45) is 3.48. The maximum Gasteiger partial charge on any atom is 0.324 e. The number of benzene rings is 1. The van der Waals surface area contributed by atoms with Crippen molar-refractivity contribution in [1.82, 2.24) is 25.9 Å². The monoisotopic (exact) mass is 468 g/mol. The third-order valence-corrected chi connectivity index (χ3v) is 6.27. The minimum atomic E-state index is -0.278. The number of hydrogen-bond acceptors (Lipinski definition) is 7. The van der Waals surface area contributed by atoms with Gasteiger partial charge in [0.05, 0.1) is 16.3 Å². The first-order valence-corrected chi connectivity index (χ1v) is 11.8. The third kappa shape index (κ3) is 5.40. The molecular weight excluding hydrogens is 440 g/mol. The van der Waals surface area contributed by atoms with Crippen molar-refractivity contribution in [2.24, 2.45) is 0 Å². The topological polar surface area (TPSA) is 108 Å². The highest BCUT2D eigenvalue weighted by Gasteiger charge is 2.29. The lowest BCUT2D eigenvalue weighted by atomic mass is 10.1. The predicted octanol–water partition coefficient (Wildman–Crippen LogP) is 3.52. The number of urea groups is 1. The summed E-state index contributed by atoms with van der Waals surface area (Å²) in [5, 5.41) is 9.61. The number of ether oxygens (including phenoxy) is 1. The zero-order valence-electron chi connectivity index (χ0n) is 18.9. The molecular formula is C23H28N6O3S. The van der Waals surface area contributed by atoms with E-state index in [0.717, 1.165) is 36.1 Å². The predicted molar refractivity (Wildman–Crippen MR) is 129 cm³/mol. The molecule has 4 rings (SSSR count). The van der Waals surface area contributed by atoms with Gasteiger partial charge in [0.15, 0.2) is 5.13 Å². The van der Waals surface area contributed by atoms with E-state index in [1.807, 2.05) is 32.0 Å². The van der Waals surface area contributed by atoms with Crippen LogP contribution < -0.4 is 25.6 Å². The molecule has 1 aliphatic heterocycles. The fourth-order valence-electron chi connectivity index (χ4n) is 3.70. The Morgan fingerprint density at radius 3 is 2.79 bits per heavy atom. The van der Waals surface area contributed by atoms with Crippen LogP contribution in [0.5, 0.6) is 11.5 Å². The van der Waals surface area contributed by atoms with Crippen molar-refractivity contribution >= 4 is 38.6 Å². The summed E-state index contributed by atoms with van der Waals surface area (Å²) >= 11 is 1.46. The van der Waals surface area contributed by atoms with Crippen LogP contribution in [0.1, 0.15) is 37.2 Å². The molecule has 0 saturated carbocycles. The van der Waals surface area contributed by atoms with E-state index in [-0.39, 0.29) is 29.7 Å². The Kier molecular flexibility index (Phi) is 7.05. The first-order chi connectivity index (χ1) is 15.9. The second-order valence-corrected chi connectivity index (χ2v) is 9.17. The highest BCUT2D eigenvalue weighted by molar-refractivity contribution is 7.22. The first kappa shape index (κ1) is 22.9. The van der Waals surface area contributed by atoms with Gasteiger partial charge in [0.1, 0.15) is 17.2 Å². The molecule has 174 valence electrons. The number of fused-ring (bicyclic) bond motifs is 1. The molecule has 1 aromatic carbocycles. The van der Waals surface area contributed by atoms with E-state index in [0.29, 0.717) is 16.6 Å². The van der Waals surface area contributed by atoms with Crippen LogP contribution in [-0.4, -0.2) is 54.1 Å². The van der Waals surface area contributed by atoms with Crippen molar-refractivity contribution < 1.29 is 14.3 Å². The van der Waals surface area contributed by atoms with Crippen molar-refractivity contribution in [3.63, 3.8) is 0 Å². The Morgan fingerprint density at radius 1 is 1.24 bits per heavy atom. The van der Waals surface area contributed by atoms with Gasteiger partial charge in [-0.25, -0.2) is 9.78 Å². The number of thiazole rings is 1. The molecule has 1 aliphatic rings. The van der Waals surface area contributed by atoms with E-state index in [9.17, 15) is 9.59 Å². The first-order valence-electron chi connectivity index (χ1n) is 11.0. The van der Waals surface area contributed by atoms with Gasteiger partial charge in [0.2, 0.25) is 0 Å². The zero-order valence-corrected chi connectivity index (χ0v) is 19.7. The Morgan fingerprint density at radius 2 is 2.06 bits per heavy atom. The Labute approximate surface area is 196 Å². The van der Waals surface area contributed by atoms with E-state index in [1.165, 1.54) is 17.5 Å². The van der Waals surface area contributed by atoms with Crippen LogP contribution in [0.2, 0.25) is 0 Å². The van der Waals surface area contributed by atoms with Crippen LogP contribution in [-0.2, 0) is 0 Å². The number of carbonyl (C=O) groups excluding carboxylic acids is 2. The molecule has 9 nitrogen and oxygen atoms in total. The number of anilines is 1. The lowest BCUT2D eigenvalue weighted by Gasteiger charge is -2.33. The molecule has 0 spiro atoms. The molecule has 0 unspecified atom stereocenters. The normalized spacial score (nSPS) is 15.9. The maximum absolute atomic E-state index is 13.0. The summed E-state index contributed by atoms with van der Waals surface area (Å²) < 4.78 is 6.88. The molecule has 1 fully saturated rings. The van der Waals surface area contributed by atoms with Crippen LogP contribution in [0, 0.1) is 0 Å². The van der Waals surface area contributed by atoms with Crippen LogP contribution in [0.3, 0.4) is 0 Å². The average Bonchev–Trinajstić information content (AvgIpc) is 3.21. The van der Waals surface area contributed by atoms with Crippen molar-refractivity contribution in [3.05, 3.63) is 42.2 Å². The third-order valence-electron chi connectivity index (χ3n) is 5.25. The van der Waals surface area contributed by atoms with Crippen LogP contribution in [0.4, 0.5) is 9.93 Å². The summed E-state index contributed by atoms with van der Waals surface area (Å²) in [5.74, 6) is 0.850. The largest absolute Gasteiger partial charge is 0.457 e. The number of rotatable bonds is 6. The average molecular weight is 469 g/mol. The van der Waals surface area contributed by atoms with Gasteiger partial charge in [-0.05, 0) is 51.4 Å². The standard InChI is InChI=1S/C23H28N6O3S/c1-14(2)27-22(31)29(15-5-4-9-25-13-15)23-28-18-7-6-16(12-20(18)33-23)32-17-8-10-26-19(11-17)21(30)24-3/h6-8,10-12,14-15,25H,4-5,9,13H2,1-3H3,(H,24,30)(H,27,31)/t15-/m0/s1.